The quantitative estimate of drug-likeness (QED) is 0.192. The van der Waals surface area contributed by atoms with Gasteiger partial charge >= 0.3 is 6.18 Å². The van der Waals surface area contributed by atoms with Crippen LogP contribution in [0.15, 0.2) is 71.3 Å². The first-order valence-corrected chi connectivity index (χ1v) is 14.6. The van der Waals surface area contributed by atoms with Crippen molar-refractivity contribution in [3.05, 3.63) is 110 Å². The molecule has 1 aliphatic heterocycles. The predicted molar refractivity (Wildman–Crippen MR) is 159 cm³/mol. The third-order valence-electron chi connectivity index (χ3n) is 7.33. The summed E-state index contributed by atoms with van der Waals surface area (Å²) in [6, 6.07) is 17.3. The van der Waals surface area contributed by atoms with E-state index in [0.717, 1.165) is 17.7 Å². The van der Waals surface area contributed by atoms with Gasteiger partial charge in [-0.1, -0.05) is 70.3 Å². The van der Waals surface area contributed by atoms with Crippen molar-refractivity contribution < 1.29 is 27.2 Å². The fraction of sp³-hybridized carbons (Fsp3) is 0.290. The van der Waals surface area contributed by atoms with E-state index in [9.17, 15) is 18.0 Å². The molecule has 0 bridgehead atoms. The van der Waals surface area contributed by atoms with E-state index in [2.05, 4.69) is 10.1 Å². The van der Waals surface area contributed by atoms with Gasteiger partial charge in [0.15, 0.2) is 0 Å². The van der Waals surface area contributed by atoms with E-state index in [0.29, 0.717) is 75.9 Å². The van der Waals surface area contributed by atoms with Crippen LogP contribution in [0.4, 0.5) is 13.2 Å². The molecule has 6 nitrogen and oxygen atoms in total. The van der Waals surface area contributed by atoms with Gasteiger partial charge in [0.1, 0.15) is 17.0 Å². The minimum Gasteiger partial charge on any atom is -0.368 e. The highest BCUT2D eigenvalue weighted by molar-refractivity contribution is 6.39. The monoisotopic (exact) mass is 651 g/mol. The van der Waals surface area contributed by atoms with Crippen LogP contribution >= 0.6 is 34.8 Å². The summed E-state index contributed by atoms with van der Waals surface area (Å²) < 4.78 is 50.5. The molecule has 1 saturated heterocycles. The number of rotatable bonds is 8. The van der Waals surface area contributed by atoms with Crippen LogP contribution in [0, 0.1) is 6.92 Å². The first-order chi connectivity index (χ1) is 20.5. The molecule has 0 saturated carbocycles. The average molecular weight is 653 g/mol. The van der Waals surface area contributed by atoms with Gasteiger partial charge in [0, 0.05) is 43.3 Å². The SMILES string of the molecule is Cc1onc(-c2c(Cl)cccc2Cl)c1C(=O)N1CCN(CC(OCc2ccc(C(F)(F)F)cc2)c2ccc(Cl)cc2)CC1. The molecular formula is C31H27Cl3F3N3O3. The third-order valence-corrected chi connectivity index (χ3v) is 8.22. The molecule has 43 heavy (non-hydrogen) atoms. The predicted octanol–water partition coefficient (Wildman–Crippen LogP) is 8.34. The van der Waals surface area contributed by atoms with Crippen LogP contribution < -0.4 is 0 Å². The van der Waals surface area contributed by atoms with Gasteiger partial charge in [0.05, 0.1) is 28.3 Å². The third kappa shape index (κ3) is 7.36. The summed E-state index contributed by atoms with van der Waals surface area (Å²) in [5.41, 5.74) is 1.88. The second kappa shape index (κ2) is 13.3. The zero-order valence-electron chi connectivity index (χ0n) is 23.0. The maximum atomic E-state index is 13.6. The Morgan fingerprint density at radius 2 is 1.58 bits per heavy atom. The van der Waals surface area contributed by atoms with E-state index >= 15 is 0 Å². The second-order valence-electron chi connectivity index (χ2n) is 10.2. The second-order valence-corrected chi connectivity index (χ2v) is 11.4. The van der Waals surface area contributed by atoms with Crippen molar-refractivity contribution in [3.63, 3.8) is 0 Å². The number of halogens is 6. The van der Waals surface area contributed by atoms with E-state index in [1.165, 1.54) is 12.1 Å². The molecule has 1 amide bonds. The largest absolute Gasteiger partial charge is 0.416 e. The number of carbonyl (C=O) groups excluding carboxylic acids is 1. The lowest BCUT2D eigenvalue weighted by molar-refractivity contribution is -0.137. The Kier molecular flexibility index (Phi) is 9.68. The van der Waals surface area contributed by atoms with Crippen LogP contribution in [0.2, 0.25) is 15.1 Å². The van der Waals surface area contributed by atoms with Gasteiger partial charge in [0.25, 0.3) is 5.91 Å². The molecular weight excluding hydrogens is 626 g/mol. The molecule has 226 valence electrons. The highest BCUT2D eigenvalue weighted by atomic mass is 35.5. The number of piperazine rings is 1. The summed E-state index contributed by atoms with van der Waals surface area (Å²) in [5, 5.41) is 5.41. The summed E-state index contributed by atoms with van der Waals surface area (Å²) in [6.07, 6.45) is -4.78. The van der Waals surface area contributed by atoms with E-state index in [1.807, 2.05) is 12.1 Å². The fourth-order valence-electron chi connectivity index (χ4n) is 4.96. The number of aryl methyl sites for hydroxylation is 1. The highest BCUT2D eigenvalue weighted by Gasteiger charge is 2.32. The van der Waals surface area contributed by atoms with Crippen molar-refractivity contribution in [1.29, 1.82) is 0 Å². The lowest BCUT2D eigenvalue weighted by atomic mass is 10.0. The van der Waals surface area contributed by atoms with Crippen LogP contribution in [0.5, 0.6) is 0 Å². The standard InChI is InChI=1S/C31H27Cl3F3N3O3/c1-19-27(29(38-43-19)28-24(33)3-2-4-25(28)34)30(41)40-15-13-39(14-16-40)17-26(21-7-11-23(32)12-8-21)42-18-20-5-9-22(10-6-20)31(35,36)37/h2-12,26H,13-18H2,1H3. The van der Waals surface area contributed by atoms with Crippen molar-refractivity contribution in [2.45, 2.75) is 25.8 Å². The van der Waals surface area contributed by atoms with Crippen LogP contribution in [-0.4, -0.2) is 53.6 Å². The van der Waals surface area contributed by atoms with Crippen molar-refractivity contribution >= 4 is 40.7 Å². The van der Waals surface area contributed by atoms with Gasteiger partial charge in [-0.15, -0.1) is 0 Å². The molecule has 1 atom stereocenters. The molecule has 5 rings (SSSR count). The molecule has 4 aromatic rings. The van der Waals surface area contributed by atoms with E-state index in [4.69, 9.17) is 44.1 Å². The minimum atomic E-state index is -4.40. The van der Waals surface area contributed by atoms with Crippen molar-refractivity contribution in [1.82, 2.24) is 15.0 Å². The molecule has 0 spiro atoms. The van der Waals surface area contributed by atoms with Crippen LogP contribution in [0.1, 0.15) is 38.9 Å². The van der Waals surface area contributed by atoms with Gasteiger partial charge < -0.3 is 14.2 Å². The van der Waals surface area contributed by atoms with Gasteiger partial charge in [-0.05, 0) is 54.4 Å². The first-order valence-electron chi connectivity index (χ1n) is 13.5. The van der Waals surface area contributed by atoms with E-state index < -0.39 is 11.7 Å². The topological polar surface area (TPSA) is 58.8 Å². The van der Waals surface area contributed by atoms with Crippen LogP contribution in [0.3, 0.4) is 0 Å². The normalized spacial score (nSPS) is 15.1. The molecule has 1 fully saturated rings. The summed E-state index contributed by atoms with van der Waals surface area (Å²) in [4.78, 5) is 17.6. The summed E-state index contributed by atoms with van der Waals surface area (Å²) >= 11 is 18.9. The number of alkyl halides is 3. The number of nitrogens with zero attached hydrogens (tertiary/aromatic N) is 3. The number of carbonyl (C=O) groups is 1. The minimum absolute atomic E-state index is 0.129. The Bertz CT molecular complexity index is 1550. The van der Waals surface area contributed by atoms with Crippen molar-refractivity contribution in [3.8, 4) is 11.3 Å². The van der Waals surface area contributed by atoms with Crippen molar-refractivity contribution in [2.24, 2.45) is 0 Å². The lowest BCUT2D eigenvalue weighted by Gasteiger charge is -2.36. The number of hydrogen-bond donors (Lipinski definition) is 0. The van der Waals surface area contributed by atoms with Gasteiger partial charge in [0.2, 0.25) is 0 Å². The van der Waals surface area contributed by atoms with Gasteiger partial charge in [-0.25, -0.2) is 0 Å². The lowest BCUT2D eigenvalue weighted by Crippen LogP contribution is -2.49. The Labute approximate surface area is 261 Å². The molecule has 3 aromatic carbocycles. The maximum absolute atomic E-state index is 13.6. The Hall–Kier alpha value is -3.08. The molecule has 2 heterocycles. The van der Waals surface area contributed by atoms with Gasteiger partial charge in [-0.2, -0.15) is 13.2 Å². The smallest absolute Gasteiger partial charge is 0.368 e. The van der Waals surface area contributed by atoms with Crippen molar-refractivity contribution in [2.75, 3.05) is 32.7 Å². The first kappa shape index (κ1) is 31.3. The molecule has 12 heteroatoms. The fourth-order valence-corrected chi connectivity index (χ4v) is 5.67. The van der Waals surface area contributed by atoms with Gasteiger partial charge in [-0.3, -0.25) is 9.69 Å². The molecule has 0 radical (unpaired) electrons. The molecule has 1 aromatic heterocycles. The summed E-state index contributed by atoms with van der Waals surface area (Å²) in [7, 11) is 0. The molecule has 0 aliphatic carbocycles. The Morgan fingerprint density at radius 3 is 2.19 bits per heavy atom. The number of amides is 1. The number of hydrogen-bond acceptors (Lipinski definition) is 5. The van der Waals surface area contributed by atoms with E-state index in [1.54, 1.807) is 42.2 Å². The zero-order valence-corrected chi connectivity index (χ0v) is 25.3. The maximum Gasteiger partial charge on any atom is 0.416 e. The Morgan fingerprint density at radius 1 is 0.953 bits per heavy atom. The molecule has 0 N–H and O–H groups in total. The molecule has 1 unspecified atom stereocenters. The Balaban J connectivity index is 1.26. The number of benzene rings is 3. The summed E-state index contributed by atoms with van der Waals surface area (Å²) in [6.45, 7) is 4.37. The average Bonchev–Trinajstić information content (AvgIpc) is 3.36. The van der Waals surface area contributed by atoms with E-state index in [-0.39, 0.29) is 18.6 Å². The molecule has 1 aliphatic rings. The van der Waals surface area contributed by atoms with Crippen LogP contribution in [0.25, 0.3) is 11.3 Å². The zero-order chi connectivity index (χ0) is 30.7. The highest BCUT2D eigenvalue weighted by Crippen LogP contribution is 2.37. The summed E-state index contributed by atoms with van der Waals surface area (Å²) in [5.74, 6) is 0.148. The van der Waals surface area contributed by atoms with Crippen LogP contribution in [-0.2, 0) is 17.5 Å². The number of ether oxygens (including phenoxy) is 1. The number of aromatic nitrogens is 1.